The lowest BCUT2D eigenvalue weighted by Gasteiger charge is -2.24. The minimum absolute atomic E-state index is 0. The van der Waals surface area contributed by atoms with Gasteiger partial charge in [0.15, 0.2) is 0 Å². The molecule has 1 fully saturated rings. The minimum atomic E-state index is -0.274. The molecular formula is C31H50FN7O. The number of nitrogens with zero attached hydrogens (tertiary/aromatic N) is 1. The Labute approximate surface area is 241 Å². The van der Waals surface area contributed by atoms with Crippen molar-refractivity contribution in [1.82, 2.24) is 20.9 Å². The summed E-state index contributed by atoms with van der Waals surface area (Å²) in [6, 6.07) is 7.08. The van der Waals surface area contributed by atoms with Gasteiger partial charge in [-0.15, -0.1) is 0 Å². The van der Waals surface area contributed by atoms with Crippen LogP contribution in [0.2, 0.25) is 0 Å². The van der Waals surface area contributed by atoms with Crippen LogP contribution in [0.1, 0.15) is 66.7 Å². The molecule has 1 aromatic rings. The number of hydrogen-bond donors (Lipinski definition) is 6. The number of allylic oxidation sites excluding steroid dienone is 4. The predicted octanol–water partition coefficient (Wildman–Crippen LogP) is 5.48. The molecule has 1 saturated heterocycles. The van der Waals surface area contributed by atoms with Gasteiger partial charge in [0.2, 0.25) is 0 Å². The van der Waals surface area contributed by atoms with Crippen molar-refractivity contribution in [3.63, 3.8) is 0 Å². The molecule has 8 nitrogen and oxygen atoms in total. The molecule has 2 aliphatic rings. The van der Waals surface area contributed by atoms with E-state index < -0.39 is 0 Å². The van der Waals surface area contributed by atoms with Crippen molar-refractivity contribution in [1.29, 1.82) is 10.8 Å². The molecule has 3 rings (SSSR count). The number of amides is 2. The Morgan fingerprint density at radius 3 is 2.80 bits per heavy atom. The zero-order valence-electron chi connectivity index (χ0n) is 24.0. The zero-order chi connectivity index (χ0) is 28.9. The maximum Gasteiger partial charge on any atom is 0.315 e. The maximum absolute atomic E-state index is 14.1. The van der Waals surface area contributed by atoms with E-state index in [1.807, 2.05) is 38.3 Å². The average molecular weight is 556 g/mol. The fraction of sp³-hybridized carbons (Fsp3) is 0.516. The van der Waals surface area contributed by atoms with Crippen molar-refractivity contribution in [2.75, 3.05) is 26.7 Å². The quantitative estimate of drug-likeness (QED) is 0.134. The van der Waals surface area contributed by atoms with E-state index in [0.29, 0.717) is 42.5 Å². The molecule has 1 aliphatic heterocycles. The van der Waals surface area contributed by atoms with Crippen LogP contribution in [0.15, 0.2) is 59.0 Å². The van der Waals surface area contributed by atoms with Crippen LogP contribution in [0.3, 0.4) is 0 Å². The molecule has 0 spiro atoms. The van der Waals surface area contributed by atoms with Gasteiger partial charge in [0.05, 0.1) is 0 Å². The van der Waals surface area contributed by atoms with Crippen LogP contribution in [0, 0.1) is 22.6 Å². The summed E-state index contributed by atoms with van der Waals surface area (Å²) in [6.07, 6.45) is 12.3. The van der Waals surface area contributed by atoms with Crippen molar-refractivity contribution < 1.29 is 12.0 Å². The Morgan fingerprint density at radius 2 is 2.08 bits per heavy atom. The first-order chi connectivity index (χ1) is 19.4. The Balaban J connectivity index is 0.00000441. The summed E-state index contributed by atoms with van der Waals surface area (Å²) >= 11 is 0. The molecule has 9 heteroatoms. The molecule has 1 aromatic carbocycles. The average Bonchev–Trinajstić information content (AvgIpc) is 3.27. The molecule has 2 atom stereocenters. The molecule has 1 aliphatic carbocycles. The van der Waals surface area contributed by atoms with Gasteiger partial charge in [0, 0.05) is 81.5 Å². The minimum Gasteiger partial charge on any atom is -0.402 e. The highest BCUT2D eigenvalue weighted by Crippen LogP contribution is 2.25. The number of nitrogens with one attached hydrogen (secondary N) is 5. The van der Waals surface area contributed by atoms with Crippen molar-refractivity contribution in [3.8, 4) is 0 Å². The number of urea groups is 1. The summed E-state index contributed by atoms with van der Waals surface area (Å²) in [7, 11) is 1.82. The van der Waals surface area contributed by atoms with Crippen molar-refractivity contribution in [2.24, 2.45) is 11.7 Å². The monoisotopic (exact) mass is 555 g/mol. The van der Waals surface area contributed by atoms with Crippen LogP contribution < -0.4 is 21.7 Å². The van der Waals surface area contributed by atoms with E-state index in [4.69, 9.17) is 16.6 Å². The number of hydrogen-bond acceptors (Lipinski definition) is 6. The first-order valence-electron chi connectivity index (χ1n) is 14.5. The molecule has 0 saturated carbocycles. The summed E-state index contributed by atoms with van der Waals surface area (Å²) < 4.78 is 14.1. The maximum atomic E-state index is 14.1. The van der Waals surface area contributed by atoms with Crippen LogP contribution in [-0.2, 0) is 6.54 Å². The Bertz CT molecular complexity index is 1140. The lowest BCUT2D eigenvalue weighted by molar-refractivity contribution is 0.225. The molecule has 2 amide bonds. The number of likely N-dealkylation sites (N-methyl/N-ethyl adjacent to an activating group) is 1. The topological polar surface area (TPSA) is 130 Å². The molecule has 0 radical (unpaired) electrons. The summed E-state index contributed by atoms with van der Waals surface area (Å²) in [5, 5.41) is 25.6. The summed E-state index contributed by atoms with van der Waals surface area (Å²) in [6.45, 7) is 4.38. The standard InChI is InChI=1S/C31H46FN7O.2H2/c1-3-9-28(34)26(30(35)22-11-6-12-23(19-33)29(18-22)36-2)20-38-31(40)37-16-7-13-25-14-8-17-39(25)21-24-10-4-5-15-27(24)32;;/h4-5,10,12,15,18-19,22,25,33,35-36H,3,6-9,11,13-14,16-17,20-21,34H2,1-2H3,(H2,37,38,40);2*1H/b28-26-,33-19?,35-30?;;. The van der Waals surface area contributed by atoms with Crippen LogP contribution >= 0.6 is 0 Å². The van der Waals surface area contributed by atoms with E-state index in [1.54, 1.807) is 6.07 Å². The lowest BCUT2D eigenvalue weighted by Crippen LogP contribution is -2.39. The molecule has 0 bridgehead atoms. The first kappa shape index (κ1) is 31.1. The molecule has 40 heavy (non-hydrogen) atoms. The third-order valence-corrected chi connectivity index (χ3v) is 7.80. The fourth-order valence-corrected chi connectivity index (χ4v) is 5.57. The first-order valence-corrected chi connectivity index (χ1v) is 14.5. The molecule has 2 unspecified atom stereocenters. The van der Waals surface area contributed by atoms with Gasteiger partial charge in [0.1, 0.15) is 5.82 Å². The van der Waals surface area contributed by atoms with Gasteiger partial charge < -0.3 is 32.5 Å². The van der Waals surface area contributed by atoms with E-state index in [9.17, 15) is 9.18 Å². The van der Waals surface area contributed by atoms with Crippen LogP contribution in [0.4, 0.5) is 9.18 Å². The molecule has 222 valence electrons. The molecule has 7 N–H and O–H groups in total. The molecular weight excluding hydrogens is 505 g/mol. The van der Waals surface area contributed by atoms with Crippen molar-refractivity contribution in [3.05, 3.63) is 70.3 Å². The second-order valence-corrected chi connectivity index (χ2v) is 10.6. The molecule has 1 heterocycles. The predicted molar refractivity (Wildman–Crippen MR) is 165 cm³/mol. The zero-order valence-corrected chi connectivity index (χ0v) is 24.0. The normalized spacial score (nSPS) is 20.1. The van der Waals surface area contributed by atoms with Crippen LogP contribution in [-0.4, -0.2) is 55.6 Å². The van der Waals surface area contributed by atoms with Crippen molar-refractivity contribution in [2.45, 2.75) is 70.9 Å². The number of carbonyl (C=O) groups is 1. The summed E-state index contributed by atoms with van der Waals surface area (Å²) in [4.78, 5) is 15.0. The summed E-state index contributed by atoms with van der Waals surface area (Å²) in [5.74, 6) is -0.317. The fourth-order valence-electron chi connectivity index (χ4n) is 5.57. The Hall–Kier alpha value is -3.46. The second kappa shape index (κ2) is 16.0. The van der Waals surface area contributed by atoms with Gasteiger partial charge in [-0.2, -0.15) is 0 Å². The SMILES string of the molecule is CCC/C(N)=C(\CNC(=O)NCCCC1CCCN1Cc1ccccc1F)C(=N)C1C=C(NC)C(C=N)=CCC1.[HH].[HH]. The smallest absolute Gasteiger partial charge is 0.315 e. The van der Waals surface area contributed by atoms with Crippen LogP contribution in [0.5, 0.6) is 0 Å². The second-order valence-electron chi connectivity index (χ2n) is 10.6. The van der Waals surface area contributed by atoms with Gasteiger partial charge in [-0.25, -0.2) is 9.18 Å². The third kappa shape index (κ3) is 8.78. The number of halogens is 1. The van der Waals surface area contributed by atoms with Crippen molar-refractivity contribution >= 4 is 18.0 Å². The lowest BCUT2D eigenvalue weighted by atomic mass is 9.90. The number of likely N-dealkylation sites (tertiary alicyclic amines) is 1. The number of benzene rings is 1. The highest BCUT2D eigenvalue weighted by Gasteiger charge is 2.25. The van der Waals surface area contributed by atoms with E-state index in [1.165, 1.54) is 12.3 Å². The van der Waals surface area contributed by atoms with Gasteiger partial charge >= 0.3 is 6.03 Å². The highest BCUT2D eigenvalue weighted by molar-refractivity contribution is 6.02. The Morgan fingerprint density at radius 1 is 1.27 bits per heavy atom. The van der Waals surface area contributed by atoms with Crippen LogP contribution in [0.25, 0.3) is 0 Å². The van der Waals surface area contributed by atoms with Gasteiger partial charge in [-0.1, -0.05) is 43.7 Å². The Kier molecular flexibility index (Phi) is 12.4. The number of carbonyl (C=O) groups excluding carboxylic acids is 1. The molecule has 0 aromatic heterocycles. The number of rotatable bonds is 14. The van der Waals surface area contributed by atoms with E-state index >= 15 is 0 Å². The van der Waals surface area contributed by atoms with E-state index in [-0.39, 0.29) is 27.2 Å². The van der Waals surface area contributed by atoms with Gasteiger partial charge in [-0.05, 0) is 57.6 Å². The number of nitrogens with two attached hydrogens (primary N) is 1. The third-order valence-electron chi connectivity index (χ3n) is 7.80. The highest BCUT2D eigenvalue weighted by atomic mass is 19.1. The van der Waals surface area contributed by atoms with Gasteiger partial charge in [0.25, 0.3) is 0 Å². The van der Waals surface area contributed by atoms with E-state index in [2.05, 4.69) is 20.9 Å². The largest absolute Gasteiger partial charge is 0.402 e. The van der Waals surface area contributed by atoms with E-state index in [0.717, 1.165) is 68.3 Å². The van der Waals surface area contributed by atoms with Gasteiger partial charge in [-0.3, -0.25) is 4.90 Å². The summed E-state index contributed by atoms with van der Waals surface area (Å²) in [5.41, 5.74) is 10.5.